The minimum Gasteiger partial charge on any atom is -0.478 e. The number of fused-ring (bicyclic) bond motifs is 1. The van der Waals surface area contributed by atoms with Crippen molar-refractivity contribution in [2.24, 2.45) is 17.4 Å². The van der Waals surface area contributed by atoms with Crippen LogP contribution in [0.5, 0.6) is 5.75 Å². The van der Waals surface area contributed by atoms with Gasteiger partial charge in [-0.05, 0) is 85.1 Å². The summed E-state index contributed by atoms with van der Waals surface area (Å²) < 4.78 is 51.5. The van der Waals surface area contributed by atoms with Gasteiger partial charge in [0.05, 0.1) is 118 Å². The van der Waals surface area contributed by atoms with Crippen LogP contribution in [0.1, 0.15) is 62.8 Å². The molecular weight excluding hydrogens is 823 g/mol. The van der Waals surface area contributed by atoms with E-state index in [4.69, 9.17) is 64.3 Å². The van der Waals surface area contributed by atoms with Crippen LogP contribution < -0.4 is 26.8 Å². The third-order valence-corrected chi connectivity index (χ3v) is 11.0. The molecule has 5 N–H and O–H groups in total. The van der Waals surface area contributed by atoms with Crippen LogP contribution in [-0.2, 0) is 62.2 Å². The number of aliphatic hydroxyl groups excluding tert-OH is 1. The van der Waals surface area contributed by atoms with E-state index in [1.807, 2.05) is 24.0 Å². The third kappa shape index (κ3) is 17.5. The summed E-state index contributed by atoms with van der Waals surface area (Å²) in [5, 5.41) is 16.0. The lowest BCUT2D eigenvalue weighted by Crippen LogP contribution is -2.38. The van der Waals surface area contributed by atoms with E-state index < -0.39 is 0 Å². The molecular formula is C48H75N5O11. The molecule has 16 heteroatoms. The van der Waals surface area contributed by atoms with Crippen LogP contribution in [0.25, 0.3) is 22.5 Å². The van der Waals surface area contributed by atoms with E-state index in [9.17, 15) is 4.79 Å². The number of nitrogens with two attached hydrogens (primary N) is 2. The van der Waals surface area contributed by atoms with Gasteiger partial charge in [0, 0.05) is 29.6 Å². The Morgan fingerprint density at radius 1 is 0.781 bits per heavy atom. The average molecular weight is 898 g/mol. The molecule has 2 aromatic carbocycles. The Bertz CT molecular complexity index is 1940. The number of carbonyl (C=O) groups excluding carboxylic acids is 1. The highest BCUT2D eigenvalue weighted by atomic mass is 16.6. The molecule has 4 rings (SSSR count). The maximum absolute atomic E-state index is 13.1. The van der Waals surface area contributed by atoms with Gasteiger partial charge in [0.15, 0.2) is 0 Å². The number of hydrogen-bond acceptors (Lipinski definition) is 14. The number of carbonyl (C=O) groups is 1. The first-order chi connectivity index (χ1) is 31.2. The van der Waals surface area contributed by atoms with Crippen LogP contribution in [0.4, 0.5) is 0 Å². The molecule has 1 aliphatic rings. The van der Waals surface area contributed by atoms with Crippen molar-refractivity contribution in [2.75, 3.05) is 126 Å². The number of amides is 1. The third-order valence-electron chi connectivity index (χ3n) is 11.0. The van der Waals surface area contributed by atoms with Crippen molar-refractivity contribution < 1.29 is 52.5 Å². The molecule has 0 saturated heterocycles. The fourth-order valence-corrected chi connectivity index (χ4v) is 7.11. The van der Waals surface area contributed by atoms with Crippen molar-refractivity contribution in [1.82, 2.24) is 14.7 Å². The van der Waals surface area contributed by atoms with Crippen molar-refractivity contribution in [1.29, 1.82) is 0 Å². The van der Waals surface area contributed by atoms with Gasteiger partial charge in [0.1, 0.15) is 24.8 Å². The number of hydrogen-bond donors (Lipinski definition) is 3. The number of aromatic nitrogens is 2. The van der Waals surface area contributed by atoms with E-state index in [0.29, 0.717) is 119 Å². The lowest BCUT2D eigenvalue weighted by molar-refractivity contribution is -0.137. The molecule has 0 radical (unpaired) electrons. The maximum Gasteiger partial charge on any atom is 0.248 e. The molecule has 1 aromatic heterocycles. The molecule has 0 spiro atoms. The van der Waals surface area contributed by atoms with Crippen molar-refractivity contribution in [3.05, 3.63) is 69.2 Å². The Labute approximate surface area is 379 Å². The summed E-state index contributed by atoms with van der Waals surface area (Å²) in [5.41, 5.74) is 21.1. The average Bonchev–Trinajstić information content (AvgIpc) is 3.68. The molecule has 1 atom stereocenters. The largest absolute Gasteiger partial charge is 0.478 e. The van der Waals surface area contributed by atoms with Gasteiger partial charge in [-0.3, -0.25) is 15.2 Å². The predicted octanol–water partition coefficient (Wildman–Crippen LogP) is 2.91. The summed E-state index contributed by atoms with van der Waals surface area (Å²) in [6.45, 7) is 19.3. The first-order valence-electron chi connectivity index (χ1n) is 22.8. The summed E-state index contributed by atoms with van der Waals surface area (Å²) in [4.78, 5) is 14.9. The Hall–Kier alpha value is -3.94. The highest BCUT2D eigenvalue weighted by molar-refractivity contribution is 5.77. The minimum atomic E-state index is -0.0316. The molecule has 3 aromatic rings. The van der Waals surface area contributed by atoms with Gasteiger partial charge in [0.25, 0.3) is 0 Å². The quantitative estimate of drug-likeness (QED) is 0.0597. The molecule has 2 heterocycles. The zero-order valence-electron chi connectivity index (χ0n) is 39.0. The Morgan fingerprint density at radius 2 is 1.34 bits per heavy atom. The van der Waals surface area contributed by atoms with Crippen LogP contribution in [0.15, 0.2) is 36.4 Å². The summed E-state index contributed by atoms with van der Waals surface area (Å²) in [7, 11) is 0. The maximum atomic E-state index is 13.1. The molecule has 1 amide bonds. The van der Waals surface area contributed by atoms with E-state index in [1.165, 1.54) is 11.1 Å². The van der Waals surface area contributed by atoms with Crippen LogP contribution in [0.2, 0.25) is 0 Å². The van der Waals surface area contributed by atoms with Gasteiger partial charge < -0.3 is 58.4 Å². The lowest BCUT2D eigenvalue weighted by Gasteiger charge is -2.29. The number of aryl methyl sites for hydroxylation is 1. The molecule has 0 bridgehead atoms. The number of aliphatic hydroxyl groups is 1. The SMILES string of the molecule is CC/C(C)=c1\c(=C(\N)C(C)CC)c(-c2ccc(OCN)c(C)c2)nn1Cc1ccc2c(c1)CCN(C(=O)COCCOCCOCCOCCOCCOCCOCCOCCO)C2. The second-order valence-electron chi connectivity index (χ2n) is 15.7. The Morgan fingerprint density at radius 3 is 1.86 bits per heavy atom. The van der Waals surface area contributed by atoms with Gasteiger partial charge in [0.2, 0.25) is 5.91 Å². The van der Waals surface area contributed by atoms with Gasteiger partial charge in [-0.25, -0.2) is 0 Å². The zero-order valence-corrected chi connectivity index (χ0v) is 39.0. The standard InChI is InChI=1S/C48H75N5O11/c1-6-36(3)46(50)45-47(41-10-11-43(64-35-49)38(5)30-41)51-53(48(45)37(4)7-2)32-39-8-9-42-33-52(13-12-40(42)31-39)44(55)34-63-29-28-62-27-26-61-25-24-60-23-22-59-21-20-58-19-18-57-17-16-56-15-14-54/h8-11,30-31,36,54H,6-7,12-29,32-35,49-50H2,1-5H3/b46-45+,48-37+. The second-order valence-corrected chi connectivity index (χ2v) is 15.7. The van der Waals surface area contributed by atoms with Crippen molar-refractivity contribution in [2.45, 2.75) is 67.0 Å². The smallest absolute Gasteiger partial charge is 0.248 e. The summed E-state index contributed by atoms with van der Waals surface area (Å²) in [6, 6.07) is 12.6. The zero-order chi connectivity index (χ0) is 45.9. The first kappa shape index (κ1) is 52.7. The van der Waals surface area contributed by atoms with Crippen molar-refractivity contribution in [3.63, 3.8) is 0 Å². The molecule has 0 aliphatic carbocycles. The topological polar surface area (TPSA) is 193 Å². The number of ether oxygens (including phenoxy) is 9. The van der Waals surface area contributed by atoms with E-state index in [2.05, 4.69) is 56.6 Å². The number of benzene rings is 2. The minimum absolute atomic E-state index is 0.0128. The van der Waals surface area contributed by atoms with Crippen molar-refractivity contribution in [3.8, 4) is 17.0 Å². The Kier molecular flexibility index (Phi) is 24.9. The van der Waals surface area contributed by atoms with Crippen LogP contribution in [0.3, 0.4) is 0 Å². The second kappa shape index (κ2) is 30.3. The van der Waals surface area contributed by atoms with Crippen LogP contribution in [-0.4, -0.2) is 151 Å². The highest BCUT2D eigenvalue weighted by Gasteiger charge is 2.22. The first-order valence-corrected chi connectivity index (χ1v) is 22.8. The molecule has 16 nitrogen and oxygen atoms in total. The summed E-state index contributed by atoms with van der Waals surface area (Å²) >= 11 is 0. The number of rotatable bonds is 33. The molecule has 64 heavy (non-hydrogen) atoms. The number of nitrogens with zero attached hydrogens (tertiary/aromatic N) is 3. The monoisotopic (exact) mass is 898 g/mol. The van der Waals surface area contributed by atoms with Gasteiger partial charge >= 0.3 is 0 Å². The predicted molar refractivity (Wildman–Crippen MR) is 246 cm³/mol. The van der Waals surface area contributed by atoms with Crippen molar-refractivity contribution >= 4 is 17.2 Å². The van der Waals surface area contributed by atoms with Crippen LogP contribution >= 0.6 is 0 Å². The molecule has 358 valence electrons. The summed E-state index contributed by atoms with van der Waals surface area (Å²) in [5.74, 6) is 0.903. The van der Waals surface area contributed by atoms with E-state index in [1.54, 1.807) is 0 Å². The molecule has 1 aliphatic heterocycles. The highest BCUT2D eigenvalue weighted by Crippen LogP contribution is 2.25. The molecule has 0 fully saturated rings. The normalized spacial score (nSPS) is 14.1. The molecule has 1 unspecified atom stereocenters. The fraction of sp³-hybridized carbons (Fsp3) is 0.625. The van der Waals surface area contributed by atoms with E-state index >= 15 is 0 Å². The molecule has 0 saturated carbocycles. The van der Waals surface area contributed by atoms with Gasteiger partial charge in [-0.1, -0.05) is 39.0 Å². The fourth-order valence-electron chi connectivity index (χ4n) is 7.11. The van der Waals surface area contributed by atoms with Gasteiger partial charge in [-0.15, -0.1) is 0 Å². The van der Waals surface area contributed by atoms with E-state index in [-0.39, 0.29) is 31.8 Å². The van der Waals surface area contributed by atoms with Crippen LogP contribution in [0, 0.1) is 12.8 Å². The van der Waals surface area contributed by atoms with Gasteiger partial charge in [-0.2, -0.15) is 5.10 Å². The Balaban J connectivity index is 1.14. The summed E-state index contributed by atoms with van der Waals surface area (Å²) in [6.07, 6.45) is 2.55. The van der Waals surface area contributed by atoms with E-state index in [0.717, 1.165) is 69.2 Å². The lowest BCUT2D eigenvalue weighted by atomic mass is 9.97.